The van der Waals surface area contributed by atoms with E-state index in [4.69, 9.17) is 14.9 Å². The molecule has 5 heteroatoms. The lowest BCUT2D eigenvalue weighted by Crippen LogP contribution is -2.02. The van der Waals surface area contributed by atoms with E-state index in [1.54, 1.807) is 12.1 Å². The molecule has 0 aliphatic heterocycles. The Balaban J connectivity index is 2.63. The molecule has 0 unspecified atom stereocenters. The third-order valence-electron chi connectivity index (χ3n) is 1.99. The number of hydrogen-bond donors (Lipinski definition) is 2. The number of aromatic carboxylic acids is 1. The molecule has 0 amide bonds. The zero-order valence-electron chi connectivity index (χ0n) is 8.65. The minimum absolute atomic E-state index is 0.148. The zero-order chi connectivity index (χ0) is 12.0. The van der Waals surface area contributed by atoms with Gasteiger partial charge in [-0.2, -0.15) is 0 Å². The van der Waals surface area contributed by atoms with E-state index in [-0.39, 0.29) is 12.2 Å². The molecule has 0 atom stereocenters. The highest BCUT2D eigenvalue weighted by Gasteiger charge is 2.07. The molecular formula is C11H13IO4. The fourth-order valence-corrected chi connectivity index (χ4v) is 1.63. The Morgan fingerprint density at radius 1 is 1.38 bits per heavy atom. The van der Waals surface area contributed by atoms with E-state index in [0.29, 0.717) is 18.8 Å². The lowest BCUT2D eigenvalue weighted by molar-refractivity contribution is 0.0696. The first-order chi connectivity index (χ1) is 7.65. The Bertz CT molecular complexity index is 365. The van der Waals surface area contributed by atoms with Gasteiger partial charge in [0.15, 0.2) is 0 Å². The first kappa shape index (κ1) is 13.2. The highest BCUT2D eigenvalue weighted by molar-refractivity contribution is 14.1. The molecule has 0 radical (unpaired) electrons. The predicted molar refractivity (Wildman–Crippen MR) is 67.9 cm³/mol. The van der Waals surface area contributed by atoms with Gasteiger partial charge in [-0.05, 0) is 53.6 Å². The minimum Gasteiger partial charge on any atom is -0.492 e. The summed E-state index contributed by atoms with van der Waals surface area (Å²) in [5, 5.41) is 17.4. The summed E-state index contributed by atoms with van der Waals surface area (Å²) in [5.74, 6) is -0.380. The average Bonchev–Trinajstić information content (AvgIpc) is 2.26. The van der Waals surface area contributed by atoms with Gasteiger partial charge in [0.05, 0.1) is 15.7 Å². The first-order valence-electron chi connectivity index (χ1n) is 4.91. The van der Waals surface area contributed by atoms with Crippen molar-refractivity contribution in [2.75, 3.05) is 13.2 Å². The summed E-state index contributed by atoms with van der Waals surface area (Å²) in [6.07, 6.45) is 1.44. The molecule has 0 saturated carbocycles. The molecule has 88 valence electrons. The van der Waals surface area contributed by atoms with Crippen molar-refractivity contribution in [3.63, 3.8) is 0 Å². The molecular weight excluding hydrogens is 323 g/mol. The Hall–Kier alpha value is -0.820. The average molecular weight is 336 g/mol. The number of carbonyl (C=O) groups is 1. The summed E-state index contributed by atoms with van der Waals surface area (Å²) >= 11 is 2.09. The molecule has 2 N–H and O–H groups in total. The van der Waals surface area contributed by atoms with Crippen LogP contribution in [0.3, 0.4) is 0 Å². The van der Waals surface area contributed by atoms with Crippen LogP contribution in [0.4, 0.5) is 0 Å². The van der Waals surface area contributed by atoms with Crippen molar-refractivity contribution < 1.29 is 19.7 Å². The van der Waals surface area contributed by atoms with Gasteiger partial charge < -0.3 is 14.9 Å². The lowest BCUT2D eigenvalue weighted by atomic mass is 10.2. The van der Waals surface area contributed by atoms with Crippen LogP contribution < -0.4 is 4.74 Å². The van der Waals surface area contributed by atoms with E-state index in [9.17, 15) is 4.79 Å². The van der Waals surface area contributed by atoms with E-state index in [1.807, 2.05) is 0 Å². The van der Waals surface area contributed by atoms with E-state index in [1.165, 1.54) is 6.07 Å². The summed E-state index contributed by atoms with van der Waals surface area (Å²) in [6.45, 7) is 0.634. The SMILES string of the molecule is O=C(O)c1ccc(I)c(OCCCCO)c1. The van der Waals surface area contributed by atoms with Crippen LogP contribution in [0.2, 0.25) is 0 Å². The maximum atomic E-state index is 10.7. The first-order valence-corrected chi connectivity index (χ1v) is 5.99. The summed E-state index contributed by atoms with van der Waals surface area (Å²) in [5.41, 5.74) is 0.220. The third-order valence-corrected chi connectivity index (χ3v) is 2.88. The maximum absolute atomic E-state index is 10.7. The number of aliphatic hydroxyl groups is 1. The predicted octanol–water partition coefficient (Wildman–Crippen LogP) is 2.14. The van der Waals surface area contributed by atoms with E-state index >= 15 is 0 Å². The van der Waals surface area contributed by atoms with Gasteiger partial charge in [-0.15, -0.1) is 0 Å². The minimum atomic E-state index is -0.961. The van der Waals surface area contributed by atoms with Crippen LogP contribution in [0.5, 0.6) is 5.75 Å². The molecule has 1 aromatic rings. The second-order valence-corrected chi connectivity index (χ2v) is 4.39. The third kappa shape index (κ3) is 3.97. The molecule has 0 fully saturated rings. The second kappa shape index (κ2) is 6.70. The fourth-order valence-electron chi connectivity index (χ4n) is 1.14. The fraction of sp³-hybridized carbons (Fsp3) is 0.364. The number of carboxylic acid groups (broad SMARTS) is 1. The van der Waals surface area contributed by atoms with Gasteiger partial charge in [-0.1, -0.05) is 0 Å². The molecule has 0 aromatic heterocycles. The summed E-state index contributed by atoms with van der Waals surface area (Å²) in [6, 6.07) is 4.78. The van der Waals surface area contributed by atoms with Gasteiger partial charge in [0.2, 0.25) is 0 Å². The highest BCUT2D eigenvalue weighted by atomic mass is 127. The van der Waals surface area contributed by atoms with E-state index in [2.05, 4.69) is 22.6 Å². The van der Waals surface area contributed by atoms with Crippen molar-refractivity contribution in [1.82, 2.24) is 0 Å². The molecule has 0 heterocycles. The van der Waals surface area contributed by atoms with Crippen LogP contribution in [0.25, 0.3) is 0 Å². The quantitative estimate of drug-likeness (QED) is 0.617. The van der Waals surface area contributed by atoms with Crippen molar-refractivity contribution in [3.05, 3.63) is 27.3 Å². The van der Waals surface area contributed by atoms with Crippen LogP contribution in [-0.2, 0) is 0 Å². The summed E-state index contributed by atoms with van der Waals surface area (Å²) in [7, 11) is 0. The topological polar surface area (TPSA) is 66.8 Å². The van der Waals surface area contributed by atoms with E-state index in [0.717, 1.165) is 9.99 Å². The second-order valence-electron chi connectivity index (χ2n) is 3.23. The Labute approximate surface area is 107 Å². The number of halogens is 1. The molecule has 1 rings (SSSR count). The van der Waals surface area contributed by atoms with Crippen molar-refractivity contribution in [2.45, 2.75) is 12.8 Å². The van der Waals surface area contributed by atoms with Gasteiger partial charge in [0.1, 0.15) is 5.75 Å². The maximum Gasteiger partial charge on any atom is 0.335 e. The largest absolute Gasteiger partial charge is 0.492 e. The molecule has 16 heavy (non-hydrogen) atoms. The molecule has 1 aromatic carbocycles. The van der Waals surface area contributed by atoms with Gasteiger partial charge in [-0.3, -0.25) is 0 Å². The van der Waals surface area contributed by atoms with Crippen molar-refractivity contribution >= 4 is 28.6 Å². The van der Waals surface area contributed by atoms with Crippen molar-refractivity contribution in [1.29, 1.82) is 0 Å². The van der Waals surface area contributed by atoms with Crippen LogP contribution in [0.15, 0.2) is 18.2 Å². The number of aliphatic hydroxyl groups excluding tert-OH is 1. The summed E-state index contributed by atoms with van der Waals surface area (Å²) < 4.78 is 6.33. The van der Waals surface area contributed by atoms with E-state index < -0.39 is 5.97 Å². The monoisotopic (exact) mass is 336 g/mol. The zero-order valence-corrected chi connectivity index (χ0v) is 10.8. The standard InChI is InChI=1S/C11H13IO4/c12-9-4-3-8(11(14)15)7-10(9)16-6-2-1-5-13/h3-4,7,13H,1-2,5-6H2,(H,14,15). The number of ether oxygens (including phenoxy) is 1. The van der Waals surface area contributed by atoms with Crippen molar-refractivity contribution in [3.8, 4) is 5.75 Å². The molecule has 4 nitrogen and oxygen atoms in total. The highest BCUT2D eigenvalue weighted by Crippen LogP contribution is 2.22. The number of benzene rings is 1. The number of hydrogen-bond acceptors (Lipinski definition) is 3. The van der Waals surface area contributed by atoms with Crippen LogP contribution in [-0.4, -0.2) is 29.4 Å². The van der Waals surface area contributed by atoms with Crippen LogP contribution >= 0.6 is 22.6 Å². The molecule has 0 spiro atoms. The number of unbranched alkanes of at least 4 members (excludes halogenated alkanes) is 1. The van der Waals surface area contributed by atoms with Crippen molar-refractivity contribution in [2.24, 2.45) is 0 Å². The number of rotatable bonds is 6. The van der Waals surface area contributed by atoms with Gasteiger partial charge in [0, 0.05) is 6.61 Å². The smallest absolute Gasteiger partial charge is 0.335 e. The molecule has 0 bridgehead atoms. The normalized spacial score (nSPS) is 10.1. The van der Waals surface area contributed by atoms with Crippen LogP contribution in [0, 0.1) is 3.57 Å². The van der Waals surface area contributed by atoms with Gasteiger partial charge in [0.25, 0.3) is 0 Å². The van der Waals surface area contributed by atoms with Gasteiger partial charge >= 0.3 is 5.97 Å². The molecule has 0 aliphatic rings. The van der Waals surface area contributed by atoms with Crippen LogP contribution in [0.1, 0.15) is 23.2 Å². The van der Waals surface area contributed by atoms with Gasteiger partial charge in [-0.25, -0.2) is 4.79 Å². The molecule has 0 aliphatic carbocycles. The number of carboxylic acids is 1. The Morgan fingerprint density at radius 3 is 2.75 bits per heavy atom. The Kier molecular flexibility index (Phi) is 5.54. The summed E-state index contributed by atoms with van der Waals surface area (Å²) in [4.78, 5) is 10.7. The Morgan fingerprint density at radius 2 is 2.12 bits per heavy atom. The molecule has 0 saturated heterocycles. The lowest BCUT2D eigenvalue weighted by Gasteiger charge is -2.08.